The van der Waals surface area contributed by atoms with E-state index in [4.69, 9.17) is 24.7 Å². The van der Waals surface area contributed by atoms with Crippen molar-refractivity contribution in [1.82, 2.24) is 0 Å². The minimum Gasteiger partial charge on any atom is -0.458 e. The summed E-state index contributed by atoms with van der Waals surface area (Å²) in [5, 5.41) is 27.8. The number of esters is 1. The number of hydrogen-bond acceptors (Lipinski definition) is 11. The third-order valence-electron chi connectivity index (χ3n) is 12.6. The van der Waals surface area contributed by atoms with Crippen molar-refractivity contribution < 1.29 is 47.2 Å². The van der Waals surface area contributed by atoms with Crippen LogP contribution in [0.3, 0.4) is 0 Å². The summed E-state index contributed by atoms with van der Waals surface area (Å²) in [6.07, 6.45) is 1.76. The molecular formula is C38H54N2O10S. The van der Waals surface area contributed by atoms with Crippen LogP contribution in [-0.2, 0) is 28.8 Å². The number of aliphatic hydroxyl groups is 2. The number of para-hydroxylation sites is 1. The minimum absolute atomic E-state index is 0.0661. The fraction of sp³-hybridized carbons (Fsp3) is 0.632. The Morgan fingerprint density at radius 3 is 2.27 bits per heavy atom. The molecule has 0 radical (unpaired) electrons. The molecule has 11 atom stereocenters. The van der Waals surface area contributed by atoms with Crippen molar-refractivity contribution in [3.63, 3.8) is 0 Å². The third kappa shape index (κ3) is 6.98. The molecule has 2 aromatic rings. The lowest BCUT2D eigenvalue weighted by molar-refractivity contribution is -0.276. The monoisotopic (exact) mass is 730 g/mol. The molecule has 3 aliphatic carbocycles. The van der Waals surface area contributed by atoms with E-state index in [0.29, 0.717) is 25.7 Å². The largest absolute Gasteiger partial charge is 0.458 e. The van der Waals surface area contributed by atoms with Gasteiger partial charge in [-0.1, -0.05) is 26.0 Å². The van der Waals surface area contributed by atoms with E-state index >= 15 is 0 Å². The predicted octanol–water partition coefficient (Wildman–Crippen LogP) is 3.84. The summed E-state index contributed by atoms with van der Waals surface area (Å²) in [7, 11) is 1.39. The van der Waals surface area contributed by atoms with Gasteiger partial charge in [-0.15, -0.1) is 0 Å². The number of sulfone groups is 1. The molecule has 0 aliphatic heterocycles. The summed E-state index contributed by atoms with van der Waals surface area (Å²) >= 11 is 0. The normalized spacial score (nSPS) is 35.6. The number of benzene rings is 2. The van der Waals surface area contributed by atoms with Crippen LogP contribution in [0.1, 0.15) is 73.6 Å². The van der Waals surface area contributed by atoms with Gasteiger partial charge in [-0.25, -0.2) is 13.2 Å². The van der Waals surface area contributed by atoms with Crippen molar-refractivity contribution in [2.24, 2.45) is 35.3 Å². The molecule has 3 fully saturated rings. The molecule has 12 nitrogen and oxygen atoms in total. The highest BCUT2D eigenvalue weighted by molar-refractivity contribution is 7.90. The number of fused-ring (bicyclic) bond motifs is 2. The molecule has 51 heavy (non-hydrogen) atoms. The molecule has 3 aliphatic rings. The number of methoxy groups -OCH3 is 3. The Kier molecular flexibility index (Phi) is 11.4. The van der Waals surface area contributed by atoms with E-state index in [0.717, 1.165) is 6.26 Å². The molecule has 3 saturated carbocycles. The number of carbonyl (C=O) groups excluding carboxylic acids is 2. The fourth-order valence-corrected chi connectivity index (χ4v) is 9.97. The number of nitrogens with one attached hydrogen (secondary N) is 1. The van der Waals surface area contributed by atoms with Gasteiger partial charge in [0, 0.05) is 57.3 Å². The van der Waals surface area contributed by atoms with Crippen molar-refractivity contribution in [3.8, 4) is 0 Å². The lowest BCUT2D eigenvalue weighted by Crippen LogP contribution is -2.71. The van der Waals surface area contributed by atoms with Gasteiger partial charge in [-0.05, 0) is 87.4 Å². The number of amides is 1. The Morgan fingerprint density at radius 1 is 1.02 bits per heavy atom. The van der Waals surface area contributed by atoms with Crippen molar-refractivity contribution in [3.05, 3.63) is 59.7 Å². The summed E-state index contributed by atoms with van der Waals surface area (Å²) in [6.45, 7) is 6.08. The zero-order chi connectivity index (χ0) is 37.5. The molecular weight excluding hydrogens is 676 g/mol. The number of anilines is 1. The Balaban J connectivity index is 1.42. The van der Waals surface area contributed by atoms with E-state index in [1.807, 2.05) is 13.8 Å². The molecule has 0 saturated heterocycles. The second kappa shape index (κ2) is 14.8. The Labute approximate surface area is 301 Å². The summed E-state index contributed by atoms with van der Waals surface area (Å²) in [6, 6.07) is 12.1. The Bertz CT molecular complexity index is 1690. The molecule has 2 bridgehead atoms. The number of carbonyl (C=O) groups is 2. The van der Waals surface area contributed by atoms with Gasteiger partial charge in [-0.3, -0.25) is 4.79 Å². The van der Waals surface area contributed by atoms with Gasteiger partial charge in [0.05, 0.1) is 34.0 Å². The number of hydrogen-bond donors (Lipinski definition) is 4. The first-order valence-electron chi connectivity index (χ1n) is 17.7. The van der Waals surface area contributed by atoms with Crippen LogP contribution >= 0.6 is 0 Å². The number of rotatable bonds is 12. The summed E-state index contributed by atoms with van der Waals surface area (Å²) in [5.41, 5.74) is 3.32. The molecule has 13 heteroatoms. The zero-order valence-electron chi connectivity index (χ0n) is 30.6. The second-order valence-electron chi connectivity index (χ2n) is 15.1. The molecule has 4 unspecified atom stereocenters. The minimum atomic E-state index is -3.43. The third-order valence-corrected chi connectivity index (χ3v) is 13.8. The van der Waals surface area contributed by atoms with Crippen molar-refractivity contribution in [1.29, 1.82) is 0 Å². The maximum Gasteiger partial charge on any atom is 0.340 e. The van der Waals surface area contributed by atoms with Gasteiger partial charge in [0.15, 0.2) is 9.84 Å². The topological polar surface area (TPSA) is 184 Å². The summed E-state index contributed by atoms with van der Waals surface area (Å²) in [5.74, 6) is -2.57. The molecule has 5 rings (SSSR count). The standard InChI is InChI=1S/C38H54N2O10S/c1-22-18-29-32(47-4)20-37(43,38(22,44)33(29)48-5)25(21-39)19-28-23(2)36(3,49-6)17-16-31(28)50-35(42)27-10-8-9-11-30(27)40-34(41)24-12-14-26(15-13-24)51(7,45)46/h8-15,22-23,25,28-29,31-33,43-44H,16-21,39H2,1-7H3,(H,40,41)/t22?,23?,25-,28?,29+,31-,32?,33-,36+,37-,38-/m0/s1. The first-order chi connectivity index (χ1) is 24.0. The number of nitrogens with two attached hydrogens (primary N) is 1. The van der Waals surface area contributed by atoms with Gasteiger partial charge in [0.2, 0.25) is 0 Å². The highest BCUT2D eigenvalue weighted by Crippen LogP contribution is 2.59. The predicted molar refractivity (Wildman–Crippen MR) is 191 cm³/mol. The summed E-state index contributed by atoms with van der Waals surface area (Å²) in [4.78, 5) is 27.2. The second-order valence-corrected chi connectivity index (χ2v) is 17.1. The lowest BCUT2D eigenvalue weighted by Gasteiger charge is -2.56. The van der Waals surface area contributed by atoms with E-state index in [1.165, 1.54) is 24.3 Å². The van der Waals surface area contributed by atoms with Crippen LogP contribution in [0.25, 0.3) is 0 Å². The molecule has 2 aromatic carbocycles. The average molecular weight is 731 g/mol. The van der Waals surface area contributed by atoms with Gasteiger partial charge >= 0.3 is 5.97 Å². The highest BCUT2D eigenvalue weighted by atomic mass is 32.2. The SMILES string of the molecule is COC1C[C@](O)([C@H](CN)CC2C(C)[C@](C)(OC)CC[C@@H]2OC(=O)c2ccccc2NC(=O)c2ccc(S(C)(=O)=O)cc2)[C@]2(O)C(C)C[C@H]1[C@@H]2OC. The molecule has 5 N–H and O–H groups in total. The average Bonchev–Trinajstić information content (AvgIpc) is 3.33. The van der Waals surface area contributed by atoms with Crippen LogP contribution < -0.4 is 11.1 Å². The molecule has 1 amide bonds. The van der Waals surface area contributed by atoms with Gasteiger partial charge in [0.1, 0.15) is 17.3 Å². The quantitative estimate of drug-likeness (QED) is 0.233. The maximum absolute atomic E-state index is 14.0. The number of ether oxygens (including phenoxy) is 4. The lowest BCUT2D eigenvalue weighted by atomic mass is 9.58. The van der Waals surface area contributed by atoms with E-state index < -0.39 is 56.6 Å². The van der Waals surface area contributed by atoms with Crippen LogP contribution in [0, 0.1) is 29.6 Å². The molecule has 282 valence electrons. The zero-order valence-corrected chi connectivity index (χ0v) is 31.4. The molecule has 0 aromatic heterocycles. The molecule has 0 heterocycles. The smallest absolute Gasteiger partial charge is 0.340 e. The van der Waals surface area contributed by atoms with E-state index in [9.17, 15) is 28.2 Å². The fourth-order valence-electron chi connectivity index (χ4n) is 9.34. The first-order valence-corrected chi connectivity index (χ1v) is 19.5. The van der Waals surface area contributed by atoms with E-state index in [2.05, 4.69) is 12.2 Å². The Hall–Kier alpha value is -2.91. The van der Waals surface area contributed by atoms with Crippen molar-refractivity contribution in [2.45, 2.75) is 92.9 Å². The van der Waals surface area contributed by atoms with Crippen molar-refractivity contribution in [2.75, 3.05) is 39.4 Å². The van der Waals surface area contributed by atoms with Gasteiger partial charge in [0.25, 0.3) is 5.91 Å². The van der Waals surface area contributed by atoms with Crippen molar-refractivity contribution >= 4 is 27.4 Å². The van der Waals surface area contributed by atoms with Crippen LogP contribution in [0.4, 0.5) is 5.69 Å². The van der Waals surface area contributed by atoms with E-state index in [1.54, 1.807) is 45.6 Å². The maximum atomic E-state index is 14.0. The van der Waals surface area contributed by atoms with Crippen LogP contribution in [0.2, 0.25) is 0 Å². The summed E-state index contributed by atoms with van der Waals surface area (Å²) < 4.78 is 47.8. The van der Waals surface area contributed by atoms with Gasteiger partial charge < -0.3 is 40.2 Å². The van der Waals surface area contributed by atoms with E-state index in [-0.39, 0.29) is 64.5 Å². The molecule has 0 spiro atoms. The van der Waals surface area contributed by atoms with Crippen LogP contribution in [-0.4, -0.2) is 99.8 Å². The Morgan fingerprint density at radius 2 is 1.69 bits per heavy atom. The van der Waals surface area contributed by atoms with Crippen LogP contribution in [0.15, 0.2) is 53.4 Å². The van der Waals surface area contributed by atoms with Gasteiger partial charge in [-0.2, -0.15) is 0 Å². The van der Waals surface area contributed by atoms with Crippen LogP contribution in [0.5, 0.6) is 0 Å². The first kappa shape index (κ1) is 39.3. The highest BCUT2D eigenvalue weighted by Gasteiger charge is 2.71.